The Morgan fingerprint density at radius 2 is 1.83 bits per heavy atom. The van der Waals surface area contributed by atoms with Crippen molar-refractivity contribution in [2.24, 2.45) is 0 Å². The molecule has 1 N–H and O–H groups in total. The van der Waals surface area contributed by atoms with Crippen LogP contribution >= 0.6 is 0 Å². The molecular weight excluding hydrogens is 378 g/mol. The topological polar surface area (TPSA) is 80.1 Å². The molecule has 0 aliphatic carbocycles. The molecule has 0 saturated carbocycles. The first kappa shape index (κ1) is 20.1. The summed E-state index contributed by atoms with van der Waals surface area (Å²) in [6.07, 6.45) is 3.83. The van der Waals surface area contributed by atoms with E-state index in [9.17, 15) is 9.59 Å². The molecule has 3 heterocycles. The van der Waals surface area contributed by atoms with Crippen molar-refractivity contribution in [2.45, 2.75) is 46.6 Å². The van der Waals surface area contributed by atoms with Crippen LogP contribution in [0.15, 0.2) is 30.5 Å². The second kappa shape index (κ2) is 7.89. The van der Waals surface area contributed by atoms with Crippen molar-refractivity contribution >= 4 is 28.5 Å². The number of nitrogens with one attached hydrogen (secondary N) is 1. The molecule has 3 aromatic rings. The predicted octanol–water partition coefficient (Wildman–Crippen LogP) is 4.12. The summed E-state index contributed by atoms with van der Waals surface area (Å²) in [6, 6.07) is 7.48. The lowest BCUT2D eigenvalue weighted by Gasteiger charge is -2.18. The highest BCUT2D eigenvalue weighted by molar-refractivity contribution is 6.08. The highest BCUT2D eigenvalue weighted by Gasteiger charge is 2.22. The predicted molar refractivity (Wildman–Crippen MR) is 117 cm³/mol. The molecule has 4 rings (SSSR count). The first-order valence-electron chi connectivity index (χ1n) is 10.4. The zero-order valence-electron chi connectivity index (χ0n) is 17.9. The second-order valence-electron chi connectivity index (χ2n) is 8.15. The van der Waals surface area contributed by atoms with Gasteiger partial charge in [-0.25, -0.2) is 9.67 Å². The second-order valence-corrected chi connectivity index (χ2v) is 8.15. The van der Waals surface area contributed by atoms with Crippen LogP contribution in [0.2, 0.25) is 0 Å². The van der Waals surface area contributed by atoms with Gasteiger partial charge in [-0.1, -0.05) is 6.07 Å². The molecule has 7 heteroatoms. The Morgan fingerprint density at radius 3 is 2.53 bits per heavy atom. The quantitative estimate of drug-likeness (QED) is 0.708. The van der Waals surface area contributed by atoms with Gasteiger partial charge in [0.1, 0.15) is 0 Å². The van der Waals surface area contributed by atoms with E-state index >= 15 is 0 Å². The van der Waals surface area contributed by atoms with Crippen LogP contribution in [-0.4, -0.2) is 44.6 Å². The molecule has 1 aliphatic heterocycles. The standard InChI is InChI=1S/C23H27N5O2/c1-14(2)28-21-17(13-24-28)12-19(16(4)25-21)22(29)26-20-9-7-8-18(15(20)3)23(30)27-10-5-6-11-27/h7-9,12-14H,5-6,10-11H2,1-4H3,(H,26,29). The van der Waals surface area contributed by atoms with Gasteiger partial charge in [0.05, 0.1) is 17.5 Å². The average Bonchev–Trinajstić information content (AvgIpc) is 3.38. The van der Waals surface area contributed by atoms with Gasteiger partial charge in [0.25, 0.3) is 11.8 Å². The van der Waals surface area contributed by atoms with Gasteiger partial charge in [-0.15, -0.1) is 0 Å². The Bertz CT molecular complexity index is 1130. The molecule has 1 fully saturated rings. The number of aryl methyl sites for hydroxylation is 1. The molecule has 1 saturated heterocycles. The zero-order chi connectivity index (χ0) is 21.4. The lowest BCUT2D eigenvalue weighted by atomic mass is 10.0. The first-order valence-corrected chi connectivity index (χ1v) is 10.4. The number of hydrogen-bond donors (Lipinski definition) is 1. The number of fused-ring (bicyclic) bond motifs is 1. The maximum Gasteiger partial charge on any atom is 0.257 e. The minimum Gasteiger partial charge on any atom is -0.339 e. The molecular formula is C23H27N5O2. The third kappa shape index (κ3) is 3.56. The monoisotopic (exact) mass is 405 g/mol. The fourth-order valence-electron chi connectivity index (χ4n) is 3.96. The van der Waals surface area contributed by atoms with Gasteiger partial charge in [-0.05, 0) is 64.3 Å². The Labute approximate surface area is 176 Å². The molecule has 0 spiro atoms. The van der Waals surface area contributed by atoms with E-state index in [0.717, 1.165) is 42.5 Å². The smallest absolute Gasteiger partial charge is 0.257 e. The molecule has 0 atom stereocenters. The zero-order valence-corrected chi connectivity index (χ0v) is 17.9. The van der Waals surface area contributed by atoms with Gasteiger partial charge >= 0.3 is 0 Å². The van der Waals surface area contributed by atoms with Crippen LogP contribution in [-0.2, 0) is 0 Å². The summed E-state index contributed by atoms with van der Waals surface area (Å²) < 4.78 is 1.85. The van der Waals surface area contributed by atoms with E-state index < -0.39 is 0 Å². The van der Waals surface area contributed by atoms with Crippen molar-refractivity contribution in [3.63, 3.8) is 0 Å². The van der Waals surface area contributed by atoms with E-state index in [4.69, 9.17) is 0 Å². The summed E-state index contributed by atoms with van der Waals surface area (Å²) in [4.78, 5) is 32.4. The van der Waals surface area contributed by atoms with Crippen LogP contribution in [0.3, 0.4) is 0 Å². The van der Waals surface area contributed by atoms with Gasteiger partial charge in [0.2, 0.25) is 0 Å². The third-order valence-corrected chi connectivity index (χ3v) is 5.70. The van der Waals surface area contributed by atoms with E-state index in [2.05, 4.69) is 15.4 Å². The fraction of sp³-hybridized carbons (Fsp3) is 0.391. The van der Waals surface area contributed by atoms with Crippen molar-refractivity contribution in [3.05, 3.63) is 52.8 Å². The maximum atomic E-state index is 13.0. The molecule has 0 radical (unpaired) electrons. The van der Waals surface area contributed by atoms with Crippen molar-refractivity contribution in [1.29, 1.82) is 0 Å². The molecule has 0 bridgehead atoms. The Kier molecular flexibility index (Phi) is 5.28. The largest absolute Gasteiger partial charge is 0.339 e. The fourth-order valence-corrected chi connectivity index (χ4v) is 3.96. The third-order valence-electron chi connectivity index (χ3n) is 5.70. The number of benzene rings is 1. The Morgan fingerprint density at radius 1 is 1.10 bits per heavy atom. The van der Waals surface area contributed by atoms with E-state index in [1.54, 1.807) is 6.20 Å². The van der Waals surface area contributed by atoms with Gasteiger partial charge in [0, 0.05) is 35.8 Å². The number of hydrogen-bond acceptors (Lipinski definition) is 4. The van der Waals surface area contributed by atoms with Crippen LogP contribution in [0.25, 0.3) is 11.0 Å². The molecule has 0 unspecified atom stereocenters. The summed E-state index contributed by atoms with van der Waals surface area (Å²) in [5.41, 5.74) is 3.97. The molecule has 1 aromatic carbocycles. The van der Waals surface area contributed by atoms with Crippen LogP contribution < -0.4 is 5.32 Å². The molecule has 156 valence electrons. The minimum absolute atomic E-state index is 0.0291. The molecule has 30 heavy (non-hydrogen) atoms. The number of anilines is 1. The SMILES string of the molecule is Cc1nc2c(cnn2C(C)C)cc1C(=O)Nc1cccc(C(=O)N2CCCC2)c1C. The lowest BCUT2D eigenvalue weighted by Crippen LogP contribution is -2.28. The number of likely N-dealkylation sites (tertiary alicyclic amines) is 1. The molecule has 2 aromatic heterocycles. The van der Waals surface area contributed by atoms with E-state index in [0.29, 0.717) is 22.5 Å². The van der Waals surface area contributed by atoms with Crippen molar-refractivity contribution < 1.29 is 9.59 Å². The lowest BCUT2D eigenvalue weighted by molar-refractivity contribution is 0.0791. The molecule has 1 aliphatic rings. The average molecular weight is 406 g/mol. The van der Waals surface area contributed by atoms with Crippen molar-refractivity contribution in [3.8, 4) is 0 Å². The number of rotatable bonds is 4. The summed E-state index contributed by atoms with van der Waals surface area (Å²) in [6.45, 7) is 9.38. The molecule has 7 nitrogen and oxygen atoms in total. The Balaban J connectivity index is 1.62. The van der Waals surface area contributed by atoms with Gasteiger partial charge in [-0.3, -0.25) is 9.59 Å². The van der Waals surface area contributed by atoms with Crippen LogP contribution in [0.5, 0.6) is 0 Å². The normalized spacial score (nSPS) is 14.0. The Hall–Kier alpha value is -3.22. The van der Waals surface area contributed by atoms with Crippen LogP contribution in [0, 0.1) is 13.8 Å². The number of pyridine rings is 1. The van der Waals surface area contributed by atoms with E-state index in [1.807, 2.05) is 61.5 Å². The maximum absolute atomic E-state index is 13.0. The van der Waals surface area contributed by atoms with Crippen molar-refractivity contribution in [2.75, 3.05) is 18.4 Å². The summed E-state index contributed by atoms with van der Waals surface area (Å²) in [5, 5.41) is 8.18. The highest BCUT2D eigenvalue weighted by Crippen LogP contribution is 2.24. The van der Waals surface area contributed by atoms with Gasteiger partial charge in [0.15, 0.2) is 5.65 Å². The molecule has 2 amide bonds. The van der Waals surface area contributed by atoms with Gasteiger partial charge in [-0.2, -0.15) is 5.10 Å². The minimum atomic E-state index is -0.243. The first-order chi connectivity index (χ1) is 14.4. The highest BCUT2D eigenvalue weighted by atomic mass is 16.2. The van der Waals surface area contributed by atoms with Gasteiger partial charge < -0.3 is 10.2 Å². The summed E-state index contributed by atoms with van der Waals surface area (Å²) in [5.74, 6) is -0.213. The summed E-state index contributed by atoms with van der Waals surface area (Å²) >= 11 is 0. The van der Waals surface area contributed by atoms with E-state index in [1.165, 1.54) is 0 Å². The van der Waals surface area contributed by atoms with Crippen LogP contribution in [0.1, 0.15) is 64.7 Å². The number of carbonyl (C=O) groups is 2. The summed E-state index contributed by atoms with van der Waals surface area (Å²) in [7, 11) is 0. The number of carbonyl (C=O) groups excluding carboxylic acids is 2. The number of amides is 2. The van der Waals surface area contributed by atoms with Crippen molar-refractivity contribution in [1.82, 2.24) is 19.7 Å². The van der Waals surface area contributed by atoms with Crippen LogP contribution in [0.4, 0.5) is 5.69 Å². The van der Waals surface area contributed by atoms with E-state index in [-0.39, 0.29) is 17.9 Å². The number of aromatic nitrogens is 3. The number of nitrogens with zero attached hydrogens (tertiary/aromatic N) is 4.